The Balaban J connectivity index is 2.82. The Labute approximate surface area is 46.1 Å². The molecule has 0 heterocycles. The molecule has 1 atom stereocenters. The lowest BCUT2D eigenvalue weighted by atomic mass is 10.8. The molecule has 0 saturated carbocycles. The van der Waals surface area contributed by atoms with Crippen LogP contribution >= 0.6 is 8.25 Å². The maximum Gasteiger partial charge on any atom is 0.725 e. The SMILES string of the molecule is O=[P+](O)OOCCF. The minimum absolute atomic E-state index is 0.318. The maximum absolute atomic E-state index is 11.1. The minimum Gasteiger partial charge on any atom is -0.248 e. The van der Waals surface area contributed by atoms with Crippen LogP contribution in [-0.4, -0.2) is 18.2 Å². The molecule has 4 nitrogen and oxygen atoms in total. The zero-order valence-corrected chi connectivity index (χ0v) is 4.81. The first-order chi connectivity index (χ1) is 3.77. The predicted molar refractivity (Wildman–Crippen MR) is 22.8 cm³/mol. The van der Waals surface area contributed by atoms with Crippen LogP contribution in [0, 0.1) is 0 Å². The Kier molecular flexibility index (Phi) is 5.00. The van der Waals surface area contributed by atoms with Gasteiger partial charge in [-0.25, -0.2) is 4.39 Å². The van der Waals surface area contributed by atoms with E-state index in [1.165, 1.54) is 0 Å². The zero-order valence-electron chi connectivity index (χ0n) is 3.91. The van der Waals surface area contributed by atoms with E-state index in [2.05, 4.69) is 9.56 Å². The molecule has 0 bridgehead atoms. The predicted octanol–water partition coefficient (Wildman–Crippen LogP) is 0.554. The summed E-state index contributed by atoms with van der Waals surface area (Å²) in [6.45, 7) is -1.05. The van der Waals surface area contributed by atoms with Crippen molar-refractivity contribution in [1.82, 2.24) is 0 Å². The third-order valence-corrected chi connectivity index (χ3v) is 0.510. The Morgan fingerprint density at radius 3 is 2.75 bits per heavy atom. The van der Waals surface area contributed by atoms with Gasteiger partial charge in [-0.15, -0.1) is 4.89 Å². The van der Waals surface area contributed by atoms with E-state index in [4.69, 9.17) is 4.89 Å². The van der Waals surface area contributed by atoms with Crippen LogP contribution in [0.25, 0.3) is 0 Å². The molecule has 0 amide bonds. The molecule has 0 fully saturated rings. The molecular weight excluding hydrogens is 138 g/mol. The van der Waals surface area contributed by atoms with Crippen LogP contribution in [0.2, 0.25) is 0 Å². The Morgan fingerprint density at radius 1 is 1.75 bits per heavy atom. The summed E-state index contributed by atoms with van der Waals surface area (Å²) in [5.41, 5.74) is 0. The summed E-state index contributed by atoms with van der Waals surface area (Å²) in [5, 5.41) is 0. The van der Waals surface area contributed by atoms with Gasteiger partial charge in [0.2, 0.25) is 0 Å². The molecule has 0 aromatic carbocycles. The van der Waals surface area contributed by atoms with E-state index >= 15 is 0 Å². The van der Waals surface area contributed by atoms with Gasteiger partial charge in [0, 0.05) is 4.57 Å². The van der Waals surface area contributed by atoms with Gasteiger partial charge in [0.05, 0.1) is 4.67 Å². The summed E-state index contributed by atoms with van der Waals surface area (Å²) in [7, 11) is -2.75. The van der Waals surface area contributed by atoms with E-state index in [0.29, 0.717) is 0 Å². The van der Waals surface area contributed by atoms with Gasteiger partial charge in [-0.1, -0.05) is 0 Å². The van der Waals surface area contributed by atoms with Crippen molar-refractivity contribution in [2.45, 2.75) is 0 Å². The van der Waals surface area contributed by atoms with E-state index in [9.17, 15) is 8.96 Å². The molecule has 0 aliphatic heterocycles. The van der Waals surface area contributed by atoms with Crippen molar-refractivity contribution in [2.24, 2.45) is 0 Å². The topological polar surface area (TPSA) is 55.8 Å². The Hall–Kier alpha value is -0.0900. The van der Waals surface area contributed by atoms with Gasteiger partial charge in [-0.3, -0.25) is 0 Å². The van der Waals surface area contributed by atoms with Crippen molar-refractivity contribution in [1.29, 1.82) is 0 Å². The molecule has 1 N–H and O–H groups in total. The summed E-state index contributed by atoms with van der Waals surface area (Å²) in [4.78, 5) is 11.7. The molecular formula is C2H5FO4P+. The summed E-state index contributed by atoms with van der Waals surface area (Å²) in [5.74, 6) is 0. The van der Waals surface area contributed by atoms with E-state index < -0.39 is 14.9 Å². The van der Waals surface area contributed by atoms with Gasteiger partial charge in [0.25, 0.3) is 0 Å². The second-order valence-electron chi connectivity index (χ2n) is 0.823. The average molecular weight is 143 g/mol. The lowest BCUT2D eigenvalue weighted by Crippen LogP contribution is -1.91. The molecule has 6 heteroatoms. The van der Waals surface area contributed by atoms with Crippen LogP contribution in [0.1, 0.15) is 0 Å². The largest absolute Gasteiger partial charge is 0.725 e. The van der Waals surface area contributed by atoms with Crippen LogP contribution in [0.4, 0.5) is 4.39 Å². The number of alkyl halides is 1. The fourth-order valence-corrected chi connectivity index (χ4v) is 0.279. The van der Waals surface area contributed by atoms with E-state index in [0.717, 1.165) is 0 Å². The first kappa shape index (κ1) is 7.91. The summed E-state index contributed by atoms with van der Waals surface area (Å²) >= 11 is 0. The molecule has 0 saturated heterocycles. The first-order valence-corrected chi connectivity index (χ1v) is 2.92. The Morgan fingerprint density at radius 2 is 2.38 bits per heavy atom. The molecule has 0 aliphatic carbocycles. The number of halogens is 1. The van der Waals surface area contributed by atoms with Gasteiger partial charge in [0.1, 0.15) is 13.3 Å². The van der Waals surface area contributed by atoms with Crippen molar-refractivity contribution in [2.75, 3.05) is 13.3 Å². The fraction of sp³-hybridized carbons (Fsp3) is 1.00. The smallest absolute Gasteiger partial charge is 0.248 e. The second-order valence-corrected chi connectivity index (χ2v) is 1.45. The van der Waals surface area contributed by atoms with Gasteiger partial charge in [-0.05, 0) is 0 Å². The standard InChI is InChI=1S/C2H4FO4P/c3-1-2-6-7-8(4)5/h1-2H2/p+1. The molecule has 8 heavy (non-hydrogen) atoms. The Bertz CT molecular complexity index is 76.4. The fourth-order valence-electron chi connectivity index (χ4n) is 0.114. The molecule has 0 aromatic rings. The van der Waals surface area contributed by atoms with Gasteiger partial charge >= 0.3 is 8.25 Å². The van der Waals surface area contributed by atoms with E-state index in [1.807, 2.05) is 0 Å². The minimum atomic E-state index is -2.75. The summed E-state index contributed by atoms with van der Waals surface area (Å²) in [6, 6.07) is 0. The molecule has 0 aliphatic rings. The lowest BCUT2D eigenvalue weighted by molar-refractivity contribution is -0.209. The van der Waals surface area contributed by atoms with Crippen LogP contribution in [0.3, 0.4) is 0 Å². The zero-order chi connectivity index (χ0) is 6.41. The average Bonchev–Trinajstić information content (AvgIpc) is 1.66. The van der Waals surface area contributed by atoms with Crippen LogP contribution in [0.5, 0.6) is 0 Å². The molecule has 0 rings (SSSR count). The highest BCUT2D eigenvalue weighted by atomic mass is 31.1. The molecule has 0 aromatic heterocycles. The van der Waals surface area contributed by atoms with Crippen molar-refractivity contribution in [3.05, 3.63) is 0 Å². The number of rotatable bonds is 4. The molecule has 0 spiro atoms. The highest BCUT2D eigenvalue weighted by Crippen LogP contribution is 2.13. The maximum atomic E-state index is 11.1. The second kappa shape index (κ2) is 5.05. The molecule has 48 valence electrons. The van der Waals surface area contributed by atoms with Crippen LogP contribution in [0.15, 0.2) is 0 Å². The lowest BCUT2D eigenvalue weighted by Gasteiger charge is -1.82. The van der Waals surface area contributed by atoms with E-state index in [1.54, 1.807) is 0 Å². The highest BCUT2D eigenvalue weighted by molar-refractivity contribution is 7.31. The molecule has 1 unspecified atom stereocenters. The van der Waals surface area contributed by atoms with Gasteiger partial charge in [-0.2, -0.15) is 4.89 Å². The van der Waals surface area contributed by atoms with E-state index in [-0.39, 0.29) is 6.61 Å². The first-order valence-electron chi connectivity index (χ1n) is 1.79. The van der Waals surface area contributed by atoms with Crippen molar-refractivity contribution >= 4 is 8.25 Å². The third kappa shape index (κ3) is 5.91. The number of hydrogen-bond acceptors (Lipinski definition) is 3. The van der Waals surface area contributed by atoms with Crippen molar-refractivity contribution in [3.63, 3.8) is 0 Å². The third-order valence-electron chi connectivity index (χ3n) is 0.277. The monoisotopic (exact) mass is 143 g/mol. The highest BCUT2D eigenvalue weighted by Gasteiger charge is 2.12. The van der Waals surface area contributed by atoms with Gasteiger partial charge < -0.3 is 0 Å². The van der Waals surface area contributed by atoms with Crippen LogP contribution < -0.4 is 0 Å². The molecule has 0 radical (unpaired) electrons. The van der Waals surface area contributed by atoms with Gasteiger partial charge in [0.15, 0.2) is 0 Å². The number of hydrogen-bond donors (Lipinski definition) is 1. The summed E-state index contributed by atoms with van der Waals surface area (Å²) < 4.78 is 24.2. The van der Waals surface area contributed by atoms with Crippen molar-refractivity contribution in [3.8, 4) is 0 Å². The van der Waals surface area contributed by atoms with Crippen molar-refractivity contribution < 1.29 is 23.4 Å². The van der Waals surface area contributed by atoms with Crippen LogP contribution in [-0.2, 0) is 14.1 Å². The summed E-state index contributed by atoms with van der Waals surface area (Å²) in [6.07, 6.45) is 0. The quantitative estimate of drug-likeness (QED) is 0.270. The normalized spacial score (nSPS) is 11.5.